The summed E-state index contributed by atoms with van der Waals surface area (Å²) in [7, 11) is 0. The zero-order valence-corrected chi connectivity index (χ0v) is 9.77. The maximum atomic E-state index is 11.9. The van der Waals surface area contributed by atoms with Crippen LogP contribution in [0.5, 0.6) is 0 Å². The zero-order chi connectivity index (χ0) is 12.3. The third-order valence-electron chi connectivity index (χ3n) is 2.97. The van der Waals surface area contributed by atoms with Gasteiger partial charge >= 0.3 is 6.18 Å². The second-order valence-electron chi connectivity index (χ2n) is 4.14. The minimum Gasteiger partial charge on any atom is -0.392 e. The third-order valence-corrected chi connectivity index (χ3v) is 4.08. The molecule has 1 rings (SSSR count). The summed E-state index contributed by atoms with van der Waals surface area (Å²) in [5, 5.41) is 9.66. The van der Waals surface area contributed by atoms with Gasteiger partial charge in [-0.1, -0.05) is 0 Å². The molecule has 0 unspecified atom stereocenters. The van der Waals surface area contributed by atoms with Crippen LogP contribution in [0.15, 0.2) is 0 Å². The van der Waals surface area contributed by atoms with Crippen LogP contribution >= 0.6 is 11.8 Å². The van der Waals surface area contributed by atoms with E-state index in [1.165, 1.54) is 11.8 Å². The molecule has 0 bridgehead atoms. The van der Waals surface area contributed by atoms with Crippen LogP contribution in [0.2, 0.25) is 0 Å². The first kappa shape index (κ1) is 13.8. The van der Waals surface area contributed by atoms with Crippen LogP contribution in [0, 0.1) is 5.92 Å². The summed E-state index contributed by atoms with van der Waals surface area (Å²) in [5.74, 6) is -1.62. The summed E-state index contributed by atoms with van der Waals surface area (Å²) in [4.78, 5) is 10.7. The number of rotatable bonds is 4. The number of Topliss-reactive ketones (excluding diaryl/α,β-unsaturated/α-hetero) is 1. The minimum absolute atomic E-state index is 0.0405. The van der Waals surface area contributed by atoms with E-state index in [0.717, 1.165) is 0 Å². The lowest BCUT2D eigenvalue weighted by Crippen LogP contribution is -2.22. The first-order valence-electron chi connectivity index (χ1n) is 5.15. The van der Waals surface area contributed by atoms with Crippen molar-refractivity contribution in [2.75, 3.05) is 6.26 Å². The normalized spacial score (nSPS) is 30.7. The highest BCUT2D eigenvalue weighted by Crippen LogP contribution is 2.36. The Labute approximate surface area is 96.6 Å². The number of carbonyl (C=O) groups excluding carboxylic acids is 1. The molecule has 1 aliphatic carbocycles. The van der Waals surface area contributed by atoms with Gasteiger partial charge in [-0.15, -0.1) is 0 Å². The Kier molecular flexibility index (Phi) is 4.67. The van der Waals surface area contributed by atoms with E-state index >= 15 is 0 Å². The molecule has 2 nitrogen and oxygen atoms in total. The molecule has 0 aromatic rings. The van der Waals surface area contributed by atoms with Crippen molar-refractivity contribution in [1.82, 2.24) is 0 Å². The molecule has 1 saturated carbocycles. The second-order valence-corrected chi connectivity index (χ2v) is 5.22. The van der Waals surface area contributed by atoms with E-state index in [9.17, 15) is 23.1 Å². The van der Waals surface area contributed by atoms with Gasteiger partial charge in [0, 0.05) is 11.7 Å². The maximum Gasteiger partial charge on any atom is 0.449 e. The van der Waals surface area contributed by atoms with Crippen molar-refractivity contribution in [3.05, 3.63) is 0 Å². The molecule has 94 valence electrons. The molecule has 0 radical (unpaired) electrons. The van der Waals surface area contributed by atoms with E-state index in [-0.39, 0.29) is 17.6 Å². The van der Waals surface area contributed by atoms with Crippen LogP contribution in [0.1, 0.15) is 25.7 Å². The van der Waals surface area contributed by atoms with Gasteiger partial charge in [0.1, 0.15) is 0 Å². The lowest BCUT2D eigenvalue weighted by atomic mass is 10.00. The number of alkyl halides is 3. The SMILES string of the molecule is CS[C@H]1C[C@H](CCC(=O)C(F)(F)F)C[C@@H]1O. The fourth-order valence-electron chi connectivity index (χ4n) is 2.04. The van der Waals surface area contributed by atoms with E-state index in [1.807, 2.05) is 6.26 Å². The van der Waals surface area contributed by atoms with Gasteiger partial charge in [0.15, 0.2) is 0 Å². The van der Waals surface area contributed by atoms with Gasteiger partial charge in [-0.3, -0.25) is 4.79 Å². The van der Waals surface area contributed by atoms with Crippen molar-refractivity contribution in [3.8, 4) is 0 Å². The highest BCUT2D eigenvalue weighted by molar-refractivity contribution is 7.99. The molecular formula is C10H15F3O2S. The van der Waals surface area contributed by atoms with Crippen LogP contribution in [-0.4, -0.2) is 34.7 Å². The molecule has 0 aliphatic heterocycles. The summed E-state index contributed by atoms with van der Waals surface area (Å²) >= 11 is 1.53. The first-order valence-corrected chi connectivity index (χ1v) is 6.44. The summed E-state index contributed by atoms with van der Waals surface area (Å²) in [6, 6.07) is 0. The monoisotopic (exact) mass is 256 g/mol. The Morgan fingerprint density at radius 3 is 2.50 bits per heavy atom. The molecule has 0 heterocycles. The van der Waals surface area contributed by atoms with Crippen LogP contribution in [0.4, 0.5) is 13.2 Å². The van der Waals surface area contributed by atoms with Crippen LogP contribution in [0.25, 0.3) is 0 Å². The van der Waals surface area contributed by atoms with Crippen molar-refractivity contribution in [3.63, 3.8) is 0 Å². The molecule has 3 atom stereocenters. The largest absolute Gasteiger partial charge is 0.449 e. The van der Waals surface area contributed by atoms with Crippen molar-refractivity contribution in [2.45, 2.75) is 43.2 Å². The minimum atomic E-state index is -4.71. The molecule has 16 heavy (non-hydrogen) atoms. The van der Waals surface area contributed by atoms with Crippen molar-refractivity contribution >= 4 is 17.5 Å². The zero-order valence-electron chi connectivity index (χ0n) is 8.96. The number of ketones is 1. The average molecular weight is 256 g/mol. The standard InChI is InChI=1S/C10H15F3O2S/c1-16-8-5-6(4-7(8)14)2-3-9(15)10(11,12)13/h6-8,14H,2-5H2,1H3/t6-,7+,8+/m1/s1. The highest BCUT2D eigenvalue weighted by atomic mass is 32.2. The average Bonchev–Trinajstić information content (AvgIpc) is 2.54. The van der Waals surface area contributed by atoms with Crippen molar-refractivity contribution < 1.29 is 23.1 Å². The molecule has 1 fully saturated rings. The van der Waals surface area contributed by atoms with E-state index in [1.54, 1.807) is 0 Å². The molecule has 0 spiro atoms. The second kappa shape index (κ2) is 5.40. The van der Waals surface area contributed by atoms with Gasteiger partial charge in [0.25, 0.3) is 0 Å². The molecule has 0 aromatic heterocycles. The first-order chi connectivity index (χ1) is 7.34. The molecule has 0 aromatic carbocycles. The molecular weight excluding hydrogens is 241 g/mol. The number of thioether (sulfide) groups is 1. The smallest absolute Gasteiger partial charge is 0.392 e. The van der Waals surface area contributed by atoms with E-state index in [2.05, 4.69) is 0 Å². The topological polar surface area (TPSA) is 37.3 Å². The van der Waals surface area contributed by atoms with Gasteiger partial charge in [-0.2, -0.15) is 24.9 Å². The Hall–Kier alpha value is -0.230. The van der Waals surface area contributed by atoms with Gasteiger partial charge in [-0.05, 0) is 31.4 Å². The molecule has 0 amide bonds. The maximum absolute atomic E-state index is 11.9. The fraction of sp³-hybridized carbons (Fsp3) is 0.900. The predicted molar refractivity (Wildman–Crippen MR) is 56.3 cm³/mol. The van der Waals surface area contributed by atoms with Crippen LogP contribution in [-0.2, 0) is 4.79 Å². The molecule has 6 heteroatoms. The molecule has 1 aliphatic rings. The quantitative estimate of drug-likeness (QED) is 0.839. The van der Waals surface area contributed by atoms with Gasteiger partial charge in [0.2, 0.25) is 5.78 Å². The summed E-state index contributed by atoms with van der Waals surface area (Å²) < 4.78 is 35.8. The van der Waals surface area contributed by atoms with E-state index < -0.39 is 24.5 Å². The number of halogens is 3. The third kappa shape index (κ3) is 3.66. The summed E-state index contributed by atoms with van der Waals surface area (Å²) in [5.41, 5.74) is 0. The predicted octanol–water partition coefficient (Wildman–Crippen LogP) is 2.40. The number of carbonyl (C=O) groups is 1. The number of aliphatic hydroxyl groups excluding tert-OH is 1. The molecule has 1 N–H and O–H groups in total. The van der Waals surface area contributed by atoms with Gasteiger partial charge in [0.05, 0.1) is 6.10 Å². The highest BCUT2D eigenvalue weighted by Gasteiger charge is 2.39. The van der Waals surface area contributed by atoms with Gasteiger partial charge < -0.3 is 5.11 Å². The Bertz CT molecular complexity index is 255. The lowest BCUT2D eigenvalue weighted by molar-refractivity contribution is -0.171. The van der Waals surface area contributed by atoms with E-state index in [0.29, 0.717) is 12.8 Å². The Morgan fingerprint density at radius 1 is 1.44 bits per heavy atom. The van der Waals surface area contributed by atoms with Crippen LogP contribution in [0.3, 0.4) is 0 Å². The number of hydrogen-bond donors (Lipinski definition) is 1. The Morgan fingerprint density at radius 2 is 2.06 bits per heavy atom. The van der Waals surface area contributed by atoms with Gasteiger partial charge in [-0.25, -0.2) is 0 Å². The lowest BCUT2D eigenvalue weighted by Gasteiger charge is -2.10. The number of aliphatic hydroxyl groups is 1. The summed E-state index contributed by atoms with van der Waals surface area (Å²) in [6.07, 6.45) is -2.30. The number of hydrogen-bond acceptors (Lipinski definition) is 3. The Balaban J connectivity index is 2.33. The fourth-order valence-corrected chi connectivity index (χ4v) is 2.93. The van der Waals surface area contributed by atoms with Crippen molar-refractivity contribution in [1.29, 1.82) is 0 Å². The van der Waals surface area contributed by atoms with Crippen molar-refractivity contribution in [2.24, 2.45) is 5.92 Å². The molecule has 0 saturated heterocycles. The van der Waals surface area contributed by atoms with E-state index in [4.69, 9.17) is 0 Å². The summed E-state index contributed by atoms with van der Waals surface area (Å²) in [6.45, 7) is 0. The van der Waals surface area contributed by atoms with Crippen LogP contribution < -0.4 is 0 Å².